The first-order chi connectivity index (χ1) is 12.8. The van der Waals surface area contributed by atoms with E-state index in [-0.39, 0.29) is 17.2 Å². The molecule has 0 radical (unpaired) electrons. The molecule has 27 heavy (non-hydrogen) atoms. The van der Waals surface area contributed by atoms with Crippen molar-refractivity contribution in [3.8, 4) is 0 Å². The second kappa shape index (κ2) is 7.45. The lowest BCUT2D eigenvalue weighted by Gasteiger charge is -2.13. The molecular formula is C19H15F3N4O. The number of amides is 1. The molecule has 0 aliphatic heterocycles. The van der Waals surface area contributed by atoms with Crippen LogP contribution in [0.2, 0.25) is 0 Å². The molecule has 5 nitrogen and oxygen atoms in total. The molecule has 2 N–H and O–H groups in total. The fourth-order valence-electron chi connectivity index (χ4n) is 2.32. The SMILES string of the molecule is Cc1ccc(NC(=O)c2cnc(Nc3ccccc3C(F)(F)F)cn2)cc1. The normalized spacial score (nSPS) is 11.1. The Morgan fingerprint density at radius 1 is 0.963 bits per heavy atom. The van der Waals surface area contributed by atoms with Gasteiger partial charge in [0, 0.05) is 5.69 Å². The second-order valence-corrected chi connectivity index (χ2v) is 5.78. The first kappa shape index (κ1) is 18.4. The summed E-state index contributed by atoms with van der Waals surface area (Å²) >= 11 is 0. The van der Waals surface area contributed by atoms with Gasteiger partial charge in [0.25, 0.3) is 5.91 Å². The van der Waals surface area contributed by atoms with E-state index in [1.54, 1.807) is 12.1 Å². The van der Waals surface area contributed by atoms with E-state index in [4.69, 9.17) is 0 Å². The van der Waals surface area contributed by atoms with Gasteiger partial charge in [-0.1, -0.05) is 29.8 Å². The summed E-state index contributed by atoms with van der Waals surface area (Å²) in [6, 6.07) is 12.3. The third-order valence-electron chi connectivity index (χ3n) is 3.69. The van der Waals surface area contributed by atoms with Gasteiger partial charge in [0.15, 0.2) is 0 Å². The Hall–Kier alpha value is -3.42. The number of carbonyl (C=O) groups is 1. The van der Waals surface area contributed by atoms with Gasteiger partial charge >= 0.3 is 6.18 Å². The molecule has 0 unspecified atom stereocenters. The van der Waals surface area contributed by atoms with Crippen LogP contribution in [0.4, 0.5) is 30.4 Å². The summed E-state index contributed by atoms with van der Waals surface area (Å²) in [6.07, 6.45) is -2.09. The van der Waals surface area contributed by atoms with E-state index in [1.807, 2.05) is 19.1 Å². The fourth-order valence-corrected chi connectivity index (χ4v) is 2.32. The third kappa shape index (κ3) is 4.60. The van der Waals surface area contributed by atoms with Crippen molar-refractivity contribution >= 4 is 23.1 Å². The zero-order valence-electron chi connectivity index (χ0n) is 14.2. The number of halogens is 3. The standard InChI is InChI=1S/C19H15F3N4O/c1-12-6-8-13(9-7-12)25-18(27)16-10-24-17(11-23-16)26-15-5-3-2-4-14(15)19(20,21)22/h2-11H,1H3,(H,24,26)(H,25,27). The summed E-state index contributed by atoms with van der Waals surface area (Å²) in [5.41, 5.74) is 0.755. The highest BCUT2D eigenvalue weighted by Gasteiger charge is 2.33. The Morgan fingerprint density at radius 2 is 1.67 bits per heavy atom. The van der Waals surface area contributed by atoms with Crippen LogP contribution in [-0.4, -0.2) is 15.9 Å². The van der Waals surface area contributed by atoms with Gasteiger partial charge in [-0.3, -0.25) is 4.79 Å². The number of anilines is 3. The average Bonchev–Trinajstić information content (AvgIpc) is 2.64. The summed E-state index contributed by atoms with van der Waals surface area (Å²) in [4.78, 5) is 20.1. The maximum absolute atomic E-state index is 13.0. The molecule has 0 saturated carbocycles. The zero-order chi connectivity index (χ0) is 19.4. The van der Waals surface area contributed by atoms with Gasteiger partial charge in [0.05, 0.1) is 23.6 Å². The number of para-hydroxylation sites is 1. The molecule has 0 fully saturated rings. The summed E-state index contributed by atoms with van der Waals surface area (Å²) < 4.78 is 39.1. The number of rotatable bonds is 4. The van der Waals surface area contributed by atoms with Crippen LogP contribution in [0, 0.1) is 6.92 Å². The van der Waals surface area contributed by atoms with Gasteiger partial charge in [-0.05, 0) is 31.2 Å². The number of alkyl halides is 3. The van der Waals surface area contributed by atoms with Gasteiger partial charge < -0.3 is 10.6 Å². The van der Waals surface area contributed by atoms with Gasteiger partial charge in [0.2, 0.25) is 0 Å². The molecular weight excluding hydrogens is 357 g/mol. The lowest BCUT2D eigenvalue weighted by molar-refractivity contribution is -0.136. The van der Waals surface area contributed by atoms with Gasteiger partial charge in [-0.2, -0.15) is 13.2 Å². The molecule has 3 rings (SSSR count). The van der Waals surface area contributed by atoms with Crippen molar-refractivity contribution in [1.82, 2.24) is 9.97 Å². The van der Waals surface area contributed by atoms with E-state index in [9.17, 15) is 18.0 Å². The Bertz CT molecular complexity index is 938. The zero-order valence-corrected chi connectivity index (χ0v) is 14.2. The lowest BCUT2D eigenvalue weighted by Crippen LogP contribution is -2.14. The van der Waals surface area contributed by atoms with Crippen molar-refractivity contribution in [3.05, 3.63) is 77.7 Å². The highest BCUT2D eigenvalue weighted by Crippen LogP contribution is 2.35. The molecule has 138 valence electrons. The summed E-state index contributed by atoms with van der Waals surface area (Å²) in [6.45, 7) is 1.93. The number of nitrogens with one attached hydrogen (secondary N) is 2. The van der Waals surface area contributed by atoms with Crippen molar-refractivity contribution in [2.45, 2.75) is 13.1 Å². The largest absolute Gasteiger partial charge is 0.418 e. The first-order valence-corrected chi connectivity index (χ1v) is 7.96. The van der Waals surface area contributed by atoms with E-state index < -0.39 is 17.6 Å². The molecule has 2 aromatic carbocycles. The molecule has 0 bridgehead atoms. The van der Waals surface area contributed by atoms with Gasteiger partial charge in [0.1, 0.15) is 11.5 Å². The van der Waals surface area contributed by atoms with E-state index in [0.29, 0.717) is 5.69 Å². The minimum Gasteiger partial charge on any atom is -0.338 e. The minimum atomic E-state index is -4.50. The van der Waals surface area contributed by atoms with Crippen molar-refractivity contribution in [1.29, 1.82) is 0 Å². The number of carbonyl (C=O) groups excluding carboxylic acids is 1. The monoisotopic (exact) mass is 372 g/mol. The van der Waals surface area contributed by atoms with Crippen molar-refractivity contribution in [2.24, 2.45) is 0 Å². The number of nitrogens with zero attached hydrogens (tertiary/aromatic N) is 2. The number of aromatic nitrogens is 2. The van der Waals surface area contributed by atoms with Crippen LogP contribution in [0.3, 0.4) is 0 Å². The topological polar surface area (TPSA) is 66.9 Å². The number of hydrogen-bond acceptors (Lipinski definition) is 4. The molecule has 0 aliphatic rings. The maximum Gasteiger partial charge on any atom is 0.418 e. The van der Waals surface area contributed by atoms with Crippen LogP contribution < -0.4 is 10.6 Å². The summed E-state index contributed by atoms with van der Waals surface area (Å²) in [5, 5.41) is 5.25. The van der Waals surface area contributed by atoms with Gasteiger partial charge in [-0.15, -0.1) is 0 Å². The van der Waals surface area contributed by atoms with Crippen LogP contribution in [0.15, 0.2) is 60.9 Å². The summed E-state index contributed by atoms with van der Waals surface area (Å²) in [5.74, 6) is -0.368. The highest BCUT2D eigenvalue weighted by atomic mass is 19.4. The fraction of sp³-hybridized carbons (Fsp3) is 0.105. The third-order valence-corrected chi connectivity index (χ3v) is 3.69. The molecule has 0 saturated heterocycles. The molecule has 0 aliphatic carbocycles. The van der Waals surface area contributed by atoms with E-state index in [1.165, 1.54) is 30.6 Å². The van der Waals surface area contributed by atoms with E-state index >= 15 is 0 Å². The molecule has 8 heteroatoms. The predicted molar refractivity (Wildman–Crippen MR) is 95.9 cm³/mol. The molecule has 0 atom stereocenters. The Balaban J connectivity index is 1.72. The molecule has 3 aromatic rings. The number of benzene rings is 2. The van der Waals surface area contributed by atoms with Gasteiger partial charge in [-0.25, -0.2) is 9.97 Å². The molecule has 1 heterocycles. The van der Waals surface area contributed by atoms with Crippen LogP contribution in [0.5, 0.6) is 0 Å². The molecule has 0 spiro atoms. The first-order valence-electron chi connectivity index (χ1n) is 7.96. The van der Waals surface area contributed by atoms with Crippen molar-refractivity contribution in [2.75, 3.05) is 10.6 Å². The quantitative estimate of drug-likeness (QED) is 0.690. The minimum absolute atomic E-state index is 0.0465. The Morgan fingerprint density at radius 3 is 2.30 bits per heavy atom. The Kier molecular flexibility index (Phi) is 5.07. The van der Waals surface area contributed by atoms with Crippen LogP contribution >= 0.6 is 0 Å². The summed E-state index contributed by atoms with van der Waals surface area (Å²) in [7, 11) is 0. The highest BCUT2D eigenvalue weighted by molar-refractivity contribution is 6.02. The number of hydrogen-bond donors (Lipinski definition) is 2. The second-order valence-electron chi connectivity index (χ2n) is 5.78. The number of aryl methyl sites for hydroxylation is 1. The van der Waals surface area contributed by atoms with E-state index in [0.717, 1.165) is 11.6 Å². The average molecular weight is 372 g/mol. The molecule has 1 aromatic heterocycles. The van der Waals surface area contributed by atoms with Crippen LogP contribution in [-0.2, 0) is 6.18 Å². The van der Waals surface area contributed by atoms with E-state index in [2.05, 4.69) is 20.6 Å². The lowest BCUT2D eigenvalue weighted by atomic mass is 10.1. The molecule has 1 amide bonds. The predicted octanol–water partition coefficient (Wildman–Crippen LogP) is 4.80. The van der Waals surface area contributed by atoms with Crippen molar-refractivity contribution in [3.63, 3.8) is 0 Å². The van der Waals surface area contributed by atoms with Crippen LogP contribution in [0.25, 0.3) is 0 Å². The maximum atomic E-state index is 13.0. The van der Waals surface area contributed by atoms with Crippen LogP contribution in [0.1, 0.15) is 21.6 Å². The Labute approximate surface area is 153 Å². The smallest absolute Gasteiger partial charge is 0.338 e. The van der Waals surface area contributed by atoms with Crippen molar-refractivity contribution < 1.29 is 18.0 Å².